The number of nitrogens with zero attached hydrogens (tertiary/aromatic N) is 3. The predicted molar refractivity (Wildman–Crippen MR) is 131 cm³/mol. The minimum absolute atomic E-state index is 0.139. The van der Waals surface area contributed by atoms with Gasteiger partial charge in [0.05, 0.1) is 12.8 Å². The maximum absolute atomic E-state index is 14.3. The summed E-state index contributed by atoms with van der Waals surface area (Å²) in [4.78, 5) is 21.4. The molecule has 2 N–H and O–H groups in total. The zero-order chi connectivity index (χ0) is 24.2. The van der Waals surface area contributed by atoms with Crippen LogP contribution in [0.2, 0.25) is 0 Å². The van der Waals surface area contributed by atoms with E-state index in [1.165, 1.54) is 19.2 Å². The Balaban J connectivity index is 1.47. The van der Waals surface area contributed by atoms with Crippen LogP contribution in [-0.2, 0) is 16.0 Å². The molecule has 0 aromatic heterocycles. The molecule has 180 valence electrons. The van der Waals surface area contributed by atoms with Gasteiger partial charge in [-0.2, -0.15) is 4.99 Å². The van der Waals surface area contributed by atoms with Crippen molar-refractivity contribution in [1.82, 2.24) is 4.90 Å². The van der Waals surface area contributed by atoms with Crippen LogP contribution in [0.1, 0.15) is 24.5 Å². The Labute approximate surface area is 198 Å². The first-order chi connectivity index (χ1) is 16.3. The molecule has 1 unspecified atom stereocenters. The van der Waals surface area contributed by atoms with E-state index >= 15 is 0 Å². The van der Waals surface area contributed by atoms with E-state index in [9.17, 15) is 9.18 Å². The van der Waals surface area contributed by atoms with Crippen LogP contribution >= 0.6 is 0 Å². The van der Waals surface area contributed by atoms with E-state index in [1.807, 2.05) is 0 Å². The van der Waals surface area contributed by atoms with Crippen molar-refractivity contribution in [1.29, 1.82) is 5.41 Å². The van der Waals surface area contributed by atoms with Crippen molar-refractivity contribution >= 4 is 29.0 Å². The highest BCUT2D eigenvalue weighted by Gasteiger charge is 2.30. The largest absolute Gasteiger partial charge is 0.481 e. The highest BCUT2D eigenvalue weighted by molar-refractivity contribution is 6.02. The molecule has 8 nitrogen and oxygen atoms in total. The average Bonchev–Trinajstić information content (AvgIpc) is 2.82. The summed E-state index contributed by atoms with van der Waals surface area (Å²) in [6.45, 7) is 4.91. The number of amides is 1. The van der Waals surface area contributed by atoms with Gasteiger partial charge in [-0.15, -0.1) is 0 Å². The molecular formula is C25H30FN5O3. The lowest BCUT2D eigenvalue weighted by Gasteiger charge is -2.37. The molecule has 2 aliphatic heterocycles. The van der Waals surface area contributed by atoms with E-state index < -0.39 is 6.10 Å². The van der Waals surface area contributed by atoms with Gasteiger partial charge >= 0.3 is 0 Å². The summed E-state index contributed by atoms with van der Waals surface area (Å²) in [7, 11) is 3.57. The molecule has 2 aromatic rings. The molecule has 1 atom stereocenters. The number of ether oxygens (including phenoxy) is 2. The molecule has 2 aliphatic rings. The van der Waals surface area contributed by atoms with Gasteiger partial charge in [0, 0.05) is 43.5 Å². The maximum Gasteiger partial charge on any atom is 0.265 e. The summed E-state index contributed by atoms with van der Waals surface area (Å²) < 4.78 is 25.7. The van der Waals surface area contributed by atoms with Crippen LogP contribution in [0, 0.1) is 11.2 Å². The van der Waals surface area contributed by atoms with Gasteiger partial charge in [0.25, 0.3) is 5.91 Å². The number of likely N-dealkylation sites (N-methyl/N-ethyl adjacent to an activating group) is 1. The number of hydrogen-bond donors (Lipinski definition) is 2. The zero-order valence-corrected chi connectivity index (χ0v) is 19.7. The van der Waals surface area contributed by atoms with Crippen molar-refractivity contribution in [3.63, 3.8) is 0 Å². The smallest absolute Gasteiger partial charge is 0.265 e. The highest BCUT2D eigenvalue weighted by Crippen LogP contribution is 2.39. The summed E-state index contributed by atoms with van der Waals surface area (Å²) in [5.41, 5.74) is 2.84. The number of hydrogen-bond acceptors (Lipinski definition) is 6. The zero-order valence-electron chi connectivity index (χ0n) is 19.7. The number of methoxy groups -OCH3 is 1. The van der Waals surface area contributed by atoms with Crippen molar-refractivity contribution in [3.05, 3.63) is 53.3 Å². The number of anilines is 2. The minimum atomic E-state index is -0.666. The van der Waals surface area contributed by atoms with Gasteiger partial charge in [0.2, 0.25) is 5.90 Å². The van der Waals surface area contributed by atoms with Crippen LogP contribution in [-0.4, -0.2) is 69.0 Å². The van der Waals surface area contributed by atoms with Crippen molar-refractivity contribution in [2.75, 3.05) is 50.6 Å². The molecular weight excluding hydrogens is 437 g/mol. The molecule has 0 saturated carbocycles. The molecule has 9 heteroatoms. The van der Waals surface area contributed by atoms with E-state index in [4.69, 9.17) is 14.9 Å². The number of benzene rings is 2. The number of piperazine rings is 1. The predicted octanol–water partition coefficient (Wildman–Crippen LogP) is 3.30. The van der Waals surface area contributed by atoms with E-state index in [-0.39, 0.29) is 17.6 Å². The maximum atomic E-state index is 14.3. The lowest BCUT2D eigenvalue weighted by Crippen LogP contribution is -2.45. The van der Waals surface area contributed by atoms with E-state index in [0.717, 1.165) is 37.4 Å². The Kier molecular flexibility index (Phi) is 7.12. The topological polar surface area (TPSA) is 90.2 Å². The Hall–Kier alpha value is -3.46. The molecule has 0 radical (unpaired) electrons. The van der Waals surface area contributed by atoms with Gasteiger partial charge in [-0.1, -0.05) is 0 Å². The monoisotopic (exact) mass is 467 g/mol. The summed E-state index contributed by atoms with van der Waals surface area (Å²) in [6.07, 6.45) is 0.379. The summed E-state index contributed by atoms with van der Waals surface area (Å²) in [5.74, 6) is 0.552. The number of fused-ring (bicyclic) bond motifs is 1. The Morgan fingerprint density at radius 3 is 2.56 bits per heavy atom. The molecule has 0 spiro atoms. The summed E-state index contributed by atoms with van der Waals surface area (Å²) in [5, 5.41) is 10.4. The van der Waals surface area contributed by atoms with Crippen molar-refractivity contribution < 1.29 is 18.7 Å². The van der Waals surface area contributed by atoms with E-state index in [1.54, 1.807) is 31.2 Å². The van der Waals surface area contributed by atoms with Crippen LogP contribution in [0.15, 0.2) is 41.4 Å². The SMILES string of the molecule is CO/C(=N\C(C)=N)c1ccc(NC(=O)C2CCc3cc(F)cc(N4CCN(C)CC4)c3O2)cc1. The number of carbonyl (C=O) groups is 1. The Morgan fingerprint density at radius 1 is 1.21 bits per heavy atom. The number of nitrogens with one attached hydrogen (secondary N) is 2. The fraction of sp³-hybridized carbons (Fsp3) is 0.400. The van der Waals surface area contributed by atoms with Gasteiger partial charge in [0.15, 0.2) is 6.10 Å². The molecule has 0 bridgehead atoms. The number of amidine groups is 1. The van der Waals surface area contributed by atoms with Crippen LogP contribution in [0.4, 0.5) is 15.8 Å². The fourth-order valence-electron chi connectivity index (χ4n) is 4.21. The van der Waals surface area contributed by atoms with Crippen LogP contribution in [0.25, 0.3) is 0 Å². The second-order valence-electron chi connectivity index (χ2n) is 8.62. The summed E-state index contributed by atoms with van der Waals surface area (Å²) in [6, 6.07) is 10.1. The van der Waals surface area contributed by atoms with Crippen molar-refractivity contribution in [2.24, 2.45) is 4.99 Å². The second-order valence-corrected chi connectivity index (χ2v) is 8.62. The van der Waals surface area contributed by atoms with Gasteiger partial charge in [-0.3, -0.25) is 10.2 Å². The van der Waals surface area contributed by atoms with E-state index in [0.29, 0.717) is 35.7 Å². The minimum Gasteiger partial charge on any atom is -0.481 e. The number of aliphatic imine (C=N–C) groups is 1. The number of aryl methyl sites for hydroxylation is 1. The van der Waals surface area contributed by atoms with Crippen LogP contribution in [0.3, 0.4) is 0 Å². The van der Waals surface area contributed by atoms with Gasteiger partial charge in [0.1, 0.15) is 17.4 Å². The first-order valence-electron chi connectivity index (χ1n) is 11.4. The third-order valence-electron chi connectivity index (χ3n) is 6.05. The van der Waals surface area contributed by atoms with Gasteiger partial charge in [-0.25, -0.2) is 4.39 Å². The normalized spacial score (nSPS) is 18.6. The number of rotatable bonds is 4. The standard InChI is InChI=1S/C25H30FN5O3/c1-16(27)28-25(33-3)17-4-7-20(8-5-17)29-24(32)22-9-6-18-14-19(26)15-21(23(18)34-22)31-12-10-30(2)11-13-31/h4-5,7-8,14-15,22,27H,6,9-13H2,1-3H3,(H,29,32)/b27-16?,28-25-. The second kappa shape index (κ2) is 10.2. The van der Waals surface area contributed by atoms with Crippen molar-refractivity contribution in [2.45, 2.75) is 25.9 Å². The number of halogens is 1. The summed E-state index contributed by atoms with van der Waals surface area (Å²) >= 11 is 0. The lowest BCUT2D eigenvalue weighted by molar-refractivity contribution is -0.123. The molecule has 1 fully saturated rings. The van der Waals surface area contributed by atoms with Crippen LogP contribution < -0.4 is 15.0 Å². The van der Waals surface area contributed by atoms with Gasteiger partial charge in [-0.05, 0) is 62.7 Å². The molecule has 0 aliphatic carbocycles. The first kappa shape index (κ1) is 23.7. The first-order valence-corrected chi connectivity index (χ1v) is 11.4. The Bertz CT molecular complexity index is 1090. The molecule has 4 rings (SSSR count). The molecule has 2 aromatic carbocycles. The third kappa shape index (κ3) is 5.36. The quantitative estimate of drug-likeness (QED) is 0.532. The average molecular weight is 468 g/mol. The highest BCUT2D eigenvalue weighted by atomic mass is 19.1. The fourth-order valence-corrected chi connectivity index (χ4v) is 4.21. The number of carbonyl (C=O) groups excluding carboxylic acids is 1. The molecule has 1 saturated heterocycles. The molecule has 34 heavy (non-hydrogen) atoms. The Morgan fingerprint density at radius 2 is 1.91 bits per heavy atom. The third-order valence-corrected chi connectivity index (χ3v) is 6.05. The molecule has 1 amide bonds. The molecule has 2 heterocycles. The van der Waals surface area contributed by atoms with Crippen molar-refractivity contribution in [3.8, 4) is 5.75 Å². The van der Waals surface area contributed by atoms with E-state index in [2.05, 4.69) is 27.2 Å². The van der Waals surface area contributed by atoms with Gasteiger partial charge < -0.3 is 24.6 Å². The lowest BCUT2D eigenvalue weighted by atomic mass is 9.99. The van der Waals surface area contributed by atoms with Crippen LogP contribution in [0.5, 0.6) is 5.75 Å².